The van der Waals surface area contributed by atoms with Crippen LogP contribution >= 0.6 is 12.4 Å². The molecule has 0 aliphatic carbocycles. The van der Waals surface area contributed by atoms with E-state index >= 15 is 0 Å². The maximum atomic E-state index is 12.3. The minimum absolute atomic E-state index is 0. The highest BCUT2D eigenvalue weighted by Gasteiger charge is 2.22. The van der Waals surface area contributed by atoms with Crippen molar-refractivity contribution in [2.45, 2.75) is 45.1 Å². The topological polar surface area (TPSA) is 79.5 Å². The molecule has 0 radical (unpaired) electrons. The minimum atomic E-state index is -0.0711. The van der Waals surface area contributed by atoms with Gasteiger partial charge in [0, 0.05) is 36.9 Å². The van der Waals surface area contributed by atoms with Crippen LogP contribution in [-0.2, 0) is 9.53 Å². The monoisotopic (exact) mass is 409 g/mol. The molecular weight excluding hydrogens is 378 g/mol. The predicted octanol–water partition coefficient (Wildman–Crippen LogP) is 2.98. The van der Waals surface area contributed by atoms with Gasteiger partial charge in [0.25, 0.3) is 5.91 Å². The molecule has 2 heterocycles. The van der Waals surface area contributed by atoms with E-state index in [1.54, 1.807) is 24.3 Å². The molecule has 0 bridgehead atoms. The van der Waals surface area contributed by atoms with E-state index < -0.39 is 0 Å². The van der Waals surface area contributed by atoms with Crippen LogP contribution in [0.2, 0.25) is 0 Å². The third-order valence-electron chi connectivity index (χ3n) is 5.63. The Morgan fingerprint density at radius 3 is 2.54 bits per heavy atom. The molecule has 2 atom stereocenters. The lowest BCUT2D eigenvalue weighted by molar-refractivity contribution is -0.117. The van der Waals surface area contributed by atoms with Gasteiger partial charge in [0.1, 0.15) is 0 Å². The first-order chi connectivity index (χ1) is 13.1. The van der Waals surface area contributed by atoms with Crippen LogP contribution in [0.4, 0.5) is 5.69 Å². The SMILES string of the molecule is CC(CC(=O)Nc1ccc(C(=O)NC2CCOCC2)cc1)C1CCCNC1.Cl. The van der Waals surface area contributed by atoms with E-state index in [1.165, 1.54) is 12.8 Å². The number of amides is 2. The summed E-state index contributed by atoms with van der Waals surface area (Å²) in [5, 5.41) is 9.41. The molecule has 3 rings (SSSR count). The van der Waals surface area contributed by atoms with E-state index in [-0.39, 0.29) is 30.3 Å². The van der Waals surface area contributed by atoms with Crippen molar-refractivity contribution in [3.8, 4) is 0 Å². The van der Waals surface area contributed by atoms with E-state index in [0.29, 0.717) is 37.0 Å². The number of ether oxygens (including phenoxy) is 1. The number of hydrogen-bond donors (Lipinski definition) is 3. The van der Waals surface area contributed by atoms with Crippen LogP contribution in [-0.4, -0.2) is 44.2 Å². The second-order valence-electron chi connectivity index (χ2n) is 7.77. The van der Waals surface area contributed by atoms with Gasteiger partial charge in [0.05, 0.1) is 0 Å². The zero-order valence-electron chi connectivity index (χ0n) is 16.5. The van der Waals surface area contributed by atoms with Crippen molar-refractivity contribution in [3.63, 3.8) is 0 Å². The average Bonchev–Trinajstić information content (AvgIpc) is 2.70. The van der Waals surface area contributed by atoms with Crippen molar-refractivity contribution in [2.24, 2.45) is 11.8 Å². The van der Waals surface area contributed by atoms with Crippen LogP contribution in [0.1, 0.15) is 49.4 Å². The zero-order chi connectivity index (χ0) is 19.1. The molecule has 2 fully saturated rings. The summed E-state index contributed by atoms with van der Waals surface area (Å²) in [5.41, 5.74) is 1.35. The number of halogens is 1. The highest BCUT2D eigenvalue weighted by atomic mass is 35.5. The summed E-state index contributed by atoms with van der Waals surface area (Å²) in [7, 11) is 0. The van der Waals surface area contributed by atoms with Crippen LogP contribution in [0.5, 0.6) is 0 Å². The lowest BCUT2D eigenvalue weighted by Gasteiger charge is -2.28. The van der Waals surface area contributed by atoms with Gasteiger partial charge in [-0.05, 0) is 74.9 Å². The van der Waals surface area contributed by atoms with Gasteiger partial charge in [0.15, 0.2) is 0 Å². The van der Waals surface area contributed by atoms with Gasteiger partial charge in [-0.1, -0.05) is 6.92 Å². The summed E-state index contributed by atoms with van der Waals surface area (Å²) >= 11 is 0. The average molecular weight is 410 g/mol. The Balaban J connectivity index is 0.00000280. The molecule has 2 aliphatic heterocycles. The van der Waals surface area contributed by atoms with Gasteiger partial charge in [-0.15, -0.1) is 12.4 Å². The molecule has 7 heteroatoms. The molecule has 6 nitrogen and oxygen atoms in total. The molecule has 0 aromatic heterocycles. The summed E-state index contributed by atoms with van der Waals surface area (Å²) < 4.78 is 5.31. The molecule has 1 aromatic rings. The fourth-order valence-electron chi connectivity index (χ4n) is 3.85. The van der Waals surface area contributed by atoms with E-state index in [4.69, 9.17) is 4.74 Å². The van der Waals surface area contributed by atoms with E-state index in [1.807, 2.05) is 0 Å². The van der Waals surface area contributed by atoms with Crippen LogP contribution in [0.25, 0.3) is 0 Å². The van der Waals surface area contributed by atoms with E-state index in [2.05, 4.69) is 22.9 Å². The molecule has 2 amide bonds. The van der Waals surface area contributed by atoms with Crippen molar-refractivity contribution in [3.05, 3.63) is 29.8 Å². The number of piperidine rings is 1. The van der Waals surface area contributed by atoms with Crippen LogP contribution < -0.4 is 16.0 Å². The normalized spacial score (nSPS) is 21.2. The third-order valence-corrected chi connectivity index (χ3v) is 5.63. The van der Waals surface area contributed by atoms with Crippen molar-refractivity contribution in [2.75, 3.05) is 31.6 Å². The number of benzene rings is 1. The minimum Gasteiger partial charge on any atom is -0.381 e. The first-order valence-electron chi connectivity index (χ1n) is 10.1. The Morgan fingerprint density at radius 2 is 1.89 bits per heavy atom. The number of anilines is 1. The third kappa shape index (κ3) is 6.76. The second-order valence-corrected chi connectivity index (χ2v) is 7.77. The maximum absolute atomic E-state index is 12.3. The predicted molar refractivity (Wildman–Crippen MR) is 113 cm³/mol. The molecule has 0 saturated carbocycles. The van der Waals surface area contributed by atoms with E-state index in [0.717, 1.165) is 31.6 Å². The number of carbonyl (C=O) groups is 2. The summed E-state index contributed by atoms with van der Waals surface area (Å²) in [4.78, 5) is 24.6. The summed E-state index contributed by atoms with van der Waals surface area (Å²) in [5.74, 6) is 0.897. The van der Waals surface area contributed by atoms with Crippen LogP contribution in [0.15, 0.2) is 24.3 Å². The molecule has 2 saturated heterocycles. The van der Waals surface area contributed by atoms with Gasteiger partial charge in [0.2, 0.25) is 5.91 Å². The fourth-order valence-corrected chi connectivity index (χ4v) is 3.85. The van der Waals surface area contributed by atoms with Crippen molar-refractivity contribution < 1.29 is 14.3 Å². The molecule has 3 N–H and O–H groups in total. The van der Waals surface area contributed by atoms with Crippen LogP contribution in [0, 0.1) is 11.8 Å². The molecule has 2 unspecified atom stereocenters. The van der Waals surface area contributed by atoms with Gasteiger partial charge in [-0.3, -0.25) is 9.59 Å². The summed E-state index contributed by atoms with van der Waals surface area (Å²) in [6.07, 6.45) is 4.62. The highest BCUT2D eigenvalue weighted by molar-refractivity contribution is 5.96. The molecule has 1 aromatic carbocycles. The van der Waals surface area contributed by atoms with Gasteiger partial charge in [-0.25, -0.2) is 0 Å². The lowest BCUT2D eigenvalue weighted by atomic mass is 9.85. The zero-order valence-corrected chi connectivity index (χ0v) is 17.4. The Hall–Kier alpha value is -1.63. The molecule has 28 heavy (non-hydrogen) atoms. The Labute approximate surface area is 173 Å². The van der Waals surface area contributed by atoms with Crippen molar-refractivity contribution in [1.29, 1.82) is 0 Å². The Bertz CT molecular complexity index is 626. The van der Waals surface area contributed by atoms with Gasteiger partial charge >= 0.3 is 0 Å². The fraction of sp³-hybridized carbons (Fsp3) is 0.619. The van der Waals surface area contributed by atoms with E-state index in [9.17, 15) is 9.59 Å². The summed E-state index contributed by atoms with van der Waals surface area (Å²) in [6.45, 7) is 5.65. The van der Waals surface area contributed by atoms with Crippen LogP contribution in [0.3, 0.4) is 0 Å². The number of hydrogen-bond acceptors (Lipinski definition) is 4. The van der Waals surface area contributed by atoms with Crippen molar-refractivity contribution >= 4 is 29.9 Å². The summed E-state index contributed by atoms with van der Waals surface area (Å²) in [6, 6.07) is 7.30. The smallest absolute Gasteiger partial charge is 0.251 e. The second kappa shape index (κ2) is 11.4. The molecule has 2 aliphatic rings. The lowest BCUT2D eigenvalue weighted by Crippen LogP contribution is -2.38. The number of nitrogens with one attached hydrogen (secondary N) is 3. The first kappa shape index (κ1) is 22.7. The standard InChI is InChI=1S/C21H31N3O3.ClH/c1-15(17-3-2-10-22-14-17)13-20(25)23-18-6-4-16(5-7-18)21(26)24-19-8-11-27-12-9-19;/h4-7,15,17,19,22H,2-3,8-14H2,1H3,(H,23,25)(H,24,26);1H. The molecule has 0 spiro atoms. The van der Waals surface area contributed by atoms with Gasteiger partial charge < -0.3 is 20.7 Å². The molecule has 156 valence electrons. The Kier molecular flexibility index (Phi) is 9.22. The molecular formula is C21H32ClN3O3. The highest BCUT2D eigenvalue weighted by Crippen LogP contribution is 2.23. The first-order valence-corrected chi connectivity index (χ1v) is 10.1. The number of carbonyl (C=O) groups excluding carboxylic acids is 2. The largest absolute Gasteiger partial charge is 0.381 e. The van der Waals surface area contributed by atoms with Gasteiger partial charge in [-0.2, -0.15) is 0 Å². The van der Waals surface area contributed by atoms with Crippen molar-refractivity contribution in [1.82, 2.24) is 10.6 Å². The Morgan fingerprint density at radius 1 is 1.18 bits per heavy atom. The quantitative estimate of drug-likeness (QED) is 0.674. The number of rotatable bonds is 6. The maximum Gasteiger partial charge on any atom is 0.251 e.